The summed E-state index contributed by atoms with van der Waals surface area (Å²) in [5.41, 5.74) is 0.126. The SMILES string of the molecule is COc1ccc(-c2cccc(F)c2C(=O)O)c(OC)c1Cl. The highest BCUT2D eigenvalue weighted by molar-refractivity contribution is 6.34. The second kappa shape index (κ2) is 6.01. The summed E-state index contributed by atoms with van der Waals surface area (Å²) in [4.78, 5) is 11.3. The molecule has 0 atom stereocenters. The number of hydrogen-bond acceptors (Lipinski definition) is 3. The maximum Gasteiger partial charge on any atom is 0.339 e. The van der Waals surface area contributed by atoms with Gasteiger partial charge in [0.25, 0.3) is 0 Å². The van der Waals surface area contributed by atoms with Gasteiger partial charge >= 0.3 is 5.97 Å². The third kappa shape index (κ3) is 2.64. The molecule has 0 heterocycles. The minimum absolute atomic E-state index is 0.184. The van der Waals surface area contributed by atoms with Crippen molar-refractivity contribution >= 4 is 17.6 Å². The van der Waals surface area contributed by atoms with Gasteiger partial charge in [-0.05, 0) is 18.2 Å². The van der Waals surface area contributed by atoms with Gasteiger partial charge in [-0.1, -0.05) is 23.7 Å². The molecule has 0 aromatic heterocycles. The van der Waals surface area contributed by atoms with E-state index in [2.05, 4.69) is 0 Å². The molecule has 21 heavy (non-hydrogen) atoms. The first-order chi connectivity index (χ1) is 10.0. The topological polar surface area (TPSA) is 55.8 Å². The average molecular weight is 311 g/mol. The van der Waals surface area contributed by atoms with Crippen molar-refractivity contribution in [2.45, 2.75) is 0 Å². The highest BCUT2D eigenvalue weighted by Gasteiger charge is 2.21. The molecule has 0 amide bonds. The van der Waals surface area contributed by atoms with E-state index in [0.717, 1.165) is 6.07 Å². The fraction of sp³-hybridized carbons (Fsp3) is 0.133. The van der Waals surface area contributed by atoms with Crippen LogP contribution in [0.2, 0.25) is 5.02 Å². The first kappa shape index (κ1) is 15.1. The van der Waals surface area contributed by atoms with E-state index in [0.29, 0.717) is 11.3 Å². The van der Waals surface area contributed by atoms with Crippen LogP contribution in [0.5, 0.6) is 11.5 Å². The van der Waals surface area contributed by atoms with E-state index in [1.54, 1.807) is 12.1 Å². The third-order valence-corrected chi connectivity index (χ3v) is 3.36. The van der Waals surface area contributed by atoms with Crippen LogP contribution in [-0.4, -0.2) is 25.3 Å². The van der Waals surface area contributed by atoms with Crippen LogP contribution in [0.4, 0.5) is 4.39 Å². The Morgan fingerprint density at radius 1 is 1.14 bits per heavy atom. The lowest BCUT2D eigenvalue weighted by atomic mass is 9.98. The lowest BCUT2D eigenvalue weighted by molar-refractivity contribution is 0.0693. The number of rotatable bonds is 4. The standard InChI is InChI=1S/C15H12ClFO4/c1-20-11-7-6-9(14(21-2)13(11)16)8-4-3-5-10(17)12(8)15(18)19/h3-7H,1-2H3,(H,18,19). The Labute approximate surface area is 125 Å². The minimum Gasteiger partial charge on any atom is -0.495 e. The number of benzene rings is 2. The predicted octanol–water partition coefficient (Wildman–Crippen LogP) is 3.86. The first-order valence-electron chi connectivity index (χ1n) is 5.94. The second-order valence-corrected chi connectivity index (χ2v) is 4.51. The van der Waals surface area contributed by atoms with Crippen LogP contribution in [-0.2, 0) is 0 Å². The smallest absolute Gasteiger partial charge is 0.339 e. The van der Waals surface area contributed by atoms with Crippen molar-refractivity contribution in [1.82, 2.24) is 0 Å². The van der Waals surface area contributed by atoms with Crippen LogP contribution < -0.4 is 9.47 Å². The zero-order valence-electron chi connectivity index (χ0n) is 11.3. The maximum atomic E-state index is 13.8. The largest absolute Gasteiger partial charge is 0.495 e. The average Bonchev–Trinajstić information content (AvgIpc) is 2.46. The molecule has 0 aliphatic heterocycles. The number of halogens is 2. The minimum atomic E-state index is -1.36. The molecule has 0 aliphatic rings. The number of ether oxygens (including phenoxy) is 2. The molecule has 0 bridgehead atoms. The molecular weight excluding hydrogens is 299 g/mol. The predicted molar refractivity (Wildman–Crippen MR) is 76.9 cm³/mol. The molecule has 2 aromatic rings. The Bertz CT molecular complexity index is 700. The van der Waals surface area contributed by atoms with Crippen LogP contribution in [0.25, 0.3) is 11.1 Å². The van der Waals surface area contributed by atoms with E-state index < -0.39 is 17.3 Å². The lowest BCUT2D eigenvalue weighted by Crippen LogP contribution is -2.04. The van der Waals surface area contributed by atoms with Crippen molar-refractivity contribution in [1.29, 1.82) is 0 Å². The summed E-state index contributed by atoms with van der Waals surface area (Å²) in [5.74, 6) is -1.58. The van der Waals surface area contributed by atoms with Gasteiger partial charge in [-0.3, -0.25) is 0 Å². The number of aromatic carboxylic acids is 1. The van der Waals surface area contributed by atoms with Gasteiger partial charge in [-0.2, -0.15) is 0 Å². The van der Waals surface area contributed by atoms with E-state index in [4.69, 9.17) is 21.1 Å². The molecule has 0 radical (unpaired) electrons. The summed E-state index contributed by atoms with van der Waals surface area (Å²) in [5, 5.41) is 9.40. The molecule has 0 saturated carbocycles. The van der Waals surface area contributed by atoms with Crippen molar-refractivity contribution in [3.8, 4) is 22.6 Å². The third-order valence-electron chi connectivity index (χ3n) is 3.00. The second-order valence-electron chi connectivity index (χ2n) is 4.13. The summed E-state index contributed by atoms with van der Waals surface area (Å²) < 4.78 is 24.1. The summed E-state index contributed by atoms with van der Waals surface area (Å²) in [6, 6.07) is 7.15. The first-order valence-corrected chi connectivity index (χ1v) is 6.31. The molecule has 4 nitrogen and oxygen atoms in total. The van der Waals surface area contributed by atoms with Crippen molar-refractivity contribution in [3.63, 3.8) is 0 Å². The Balaban J connectivity index is 2.77. The highest BCUT2D eigenvalue weighted by Crippen LogP contribution is 2.43. The fourth-order valence-electron chi connectivity index (χ4n) is 2.07. The van der Waals surface area contributed by atoms with Gasteiger partial charge in [0.2, 0.25) is 0 Å². The molecule has 110 valence electrons. The van der Waals surface area contributed by atoms with E-state index in [9.17, 15) is 14.3 Å². The Morgan fingerprint density at radius 2 is 1.86 bits per heavy atom. The van der Waals surface area contributed by atoms with E-state index >= 15 is 0 Å². The number of methoxy groups -OCH3 is 2. The van der Waals surface area contributed by atoms with Gasteiger partial charge in [0.15, 0.2) is 0 Å². The highest BCUT2D eigenvalue weighted by atomic mass is 35.5. The van der Waals surface area contributed by atoms with Crippen LogP contribution in [0.15, 0.2) is 30.3 Å². The molecule has 0 spiro atoms. The molecule has 0 unspecified atom stereocenters. The molecule has 6 heteroatoms. The van der Waals surface area contributed by atoms with Crippen molar-refractivity contribution < 1.29 is 23.8 Å². The van der Waals surface area contributed by atoms with Gasteiger partial charge < -0.3 is 14.6 Å². The van der Waals surface area contributed by atoms with Crippen LogP contribution in [0.1, 0.15) is 10.4 Å². The van der Waals surface area contributed by atoms with E-state index in [1.165, 1.54) is 26.4 Å². The number of carboxylic acid groups (broad SMARTS) is 1. The van der Waals surface area contributed by atoms with Gasteiger partial charge in [-0.25, -0.2) is 9.18 Å². The number of hydrogen-bond donors (Lipinski definition) is 1. The maximum absolute atomic E-state index is 13.8. The summed E-state index contributed by atoms with van der Waals surface area (Å²) in [6.45, 7) is 0. The van der Waals surface area contributed by atoms with Crippen molar-refractivity contribution in [2.24, 2.45) is 0 Å². The van der Waals surface area contributed by atoms with Crippen LogP contribution >= 0.6 is 11.6 Å². The van der Waals surface area contributed by atoms with Gasteiger partial charge in [0.1, 0.15) is 27.9 Å². The molecule has 1 N–H and O–H groups in total. The van der Waals surface area contributed by atoms with Crippen molar-refractivity contribution in [2.75, 3.05) is 14.2 Å². The van der Waals surface area contributed by atoms with Gasteiger partial charge in [0.05, 0.1) is 14.2 Å². The molecule has 0 fully saturated rings. The summed E-state index contributed by atoms with van der Waals surface area (Å²) in [7, 11) is 2.84. The fourth-order valence-corrected chi connectivity index (χ4v) is 2.39. The molecule has 0 saturated heterocycles. The van der Waals surface area contributed by atoms with Gasteiger partial charge in [0, 0.05) is 11.1 Å². The Morgan fingerprint density at radius 3 is 2.43 bits per heavy atom. The number of carbonyl (C=O) groups is 1. The Kier molecular flexibility index (Phi) is 4.33. The van der Waals surface area contributed by atoms with Crippen LogP contribution in [0.3, 0.4) is 0 Å². The summed E-state index contributed by atoms with van der Waals surface area (Å²) in [6.07, 6.45) is 0. The summed E-state index contributed by atoms with van der Waals surface area (Å²) >= 11 is 6.14. The quantitative estimate of drug-likeness (QED) is 0.931. The zero-order chi connectivity index (χ0) is 15.6. The molecule has 2 aromatic carbocycles. The van der Waals surface area contributed by atoms with Crippen molar-refractivity contribution in [3.05, 3.63) is 46.7 Å². The lowest BCUT2D eigenvalue weighted by Gasteiger charge is -2.15. The molecule has 0 aliphatic carbocycles. The normalized spacial score (nSPS) is 10.3. The monoisotopic (exact) mass is 310 g/mol. The van der Waals surface area contributed by atoms with Gasteiger partial charge in [-0.15, -0.1) is 0 Å². The van der Waals surface area contributed by atoms with Crippen LogP contribution in [0, 0.1) is 5.82 Å². The molecule has 2 rings (SSSR count). The molecular formula is C15H12ClFO4. The van der Waals surface area contributed by atoms with E-state index in [-0.39, 0.29) is 16.3 Å². The van der Waals surface area contributed by atoms with E-state index in [1.807, 2.05) is 0 Å². The number of carboxylic acids is 1. The zero-order valence-corrected chi connectivity index (χ0v) is 12.1. The Hall–Kier alpha value is -2.27.